The van der Waals surface area contributed by atoms with Crippen molar-refractivity contribution < 1.29 is 18.3 Å². The lowest BCUT2D eigenvalue weighted by molar-refractivity contribution is 0.375. The van der Waals surface area contributed by atoms with Crippen molar-refractivity contribution in [2.24, 2.45) is 5.92 Å². The lowest BCUT2D eigenvalue weighted by Gasteiger charge is -2.32. The summed E-state index contributed by atoms with van der Waals surface area (Å²) >= 11 is 0. The van der Waals surface area contributed by atoms with Crippen LogP contribution in [0.4, 0.5) is 8.78 Å². The summed E-state index contributed by atoms with van der Waals surface area (Å²) in [6.45, 7) is 9.99. The predicted molar refractivity (Wildman–Crippen MR) is 149 cm³/mol. The first-order valence-electron chi connectivity index (χ1n) is 13.4. The van der Waals surface area contributed by atoms with Crippen LogP contribution < -0.4 is 32.0 Å². The number of H-pyrrole nitrogens is 4. The van der Waals surface area contributed by atoms with E-state index in [0.717, 1.165) is 36.8 Å². The molecule has 2 heterocycles. The second-order valence-corrected chi connectivity index (χ2v) is 10.3. The van der Waals surface area contributed by atoms with E-state index in [1.165, 1.54) is 0 Å². The van der Waals surface area contributed by atoms with Crippen LogP contribution in [0.15, 0.2) is 55.1 Å². The molecule has 0 radical (unpaired) electrons. The first-order chi connectivity index (χ1) is 19.5. The number of halogens is 2. The minimum atomic E-state index is -1.34. The first kappa shape index (κ1) is 29.5. The number of ether oxygens (including phenoxy) is 2. The summed E-state index contributed by atoms with van der Waals surface area (Å²) in [6, 6.07) is 3.31. The Kier molecular flexibility index (Phi) is 8.89. The molecular formula is C29H32F2N4O6. The van der Waals surface area contributed by atoms with Crippen LogP contribution in [-0.2, 0) is 6.42 Å². The van der Waals surface area contributed by atoms with Crippen molar-refractivity contribution in [3.8, 4) is 23.3 Å². The second-order valence-electron chi connectivity index (χ2n) is 10.3. The van der Waals surface area contributed by atoms with E-state index in [4.69, 9.17) is 9.47 Å². The van der Waals surface area contributed by atoms with Gasteiger partial charge >= 0.3 is 11.4 Å². The van der Waals surface area contributed by atoms with Crippen LogP contribution in [0, 0.1) is 17.6 Å². The van der Waals surface area contributed by atoms with E-state index in [1.54, 1.807) is 22.1 Å². The van der Waals surface area contributed by atoms with E-state index in [9.17, 15) is 28.0 Å². The molecular weight excluding hydrogens is 538 g/mol. The van der Waals surface area contributed by atoms with Gasteiger partial charge in [0.1, 0.15) is 11.5 Å². The molecule has 2 aromatic heterocycles. The Morgan fingerprint density at radius 2 is 1.46 bits per heavy atom. The SMILES string of the molecule is C=C(C)[C@@H]1CCC(C)=C[C@H]1c1c(Oc2[nH]c(=O)[nH]c(=O)c2F)cc(CCCCC)cc1Oc1[nH]c(=O)[nH]c(=O)c1F. The van der Waals surface area contributed by atoms with Crippen molar-refractivity contribution in [1.82, 2.24) is 19.9 Å². The summed E-state index contributed by atoms with van der Waals surface area (Å²) in [5, 5.41) is 0. The second kappa shape index (κ2) is 12.4. The number of aryl methyl sites for hydroxylation is 1. The van der Waals surface area contributed by atoms with Gasteiger partial charge in [-0.25, -0.2) is 9.59 Å². The maximum atomic E-state index is 14.8. The van der Waals surface area contributed by atoms with Crippen LogP contribution in [0.2, 0.25) is 0 Å². The van der Waals surface area contributed by atoms with Crippen molar-refractivity contribution in [1.29, 1.82) is 0 Å². The molecule has 2 atom stereocenters. The molecule has 10 nitrogen and oxygen atoms in total. The zero-order chi connectivity index (χ0) is 29.8. The minimum absolute atomic E-state index is 0.0453. The lowest BCUT2D eigenvalue weighted by Crippen LogP contribution is -2.26. The molecule has 41 heavy (non-hydrogen) atoms. The van der Waals surface area contributed by atoms with Crippen LogP contribution in [0.3, 0.4) is 0 Å². The van der Waals surface area contributed by atoms with Crippen LogP contribution in [-0.4, -0.2) is 19.9 Å². The van der Waals surface area contributed by atoms with Gasteiger partial charge in [-0.15, -0.1) is 0 Å². The molecule has 1 aliphatic carbocycles. The van der Waals surface area contributed by atoms with E-state index < -0.39 is 51.8 Å². The molecule has 0 saturated heterocycles. The van der Waals surface area contributed by atoms with E-state index in [0.29, 0.717) is 24.0 Å². The molecule has 0 bridgehead atoms. The summed E-state index contributed by atoms with van der Waals surface area (Å²) in [7, 11) is 0. The average Bonchev–Trinajstić information content (AvgIpc) is 2.89. The fraction of sp³-hybridized carbons (Fsp3) is 0.379. The first-order valence-corrected chi connectivity index (χ1v) is 13.4. The fourth-order valence-corrected chi connectivity index (χ4v) is 5.04. The number of unbranched alkanes of at least 4 members (excludes halogenated alkanes) is 2. The van der Waals surface area contributed by atoms with E-state index in [-0.39, 0.29) is 17.4 Å². The molecule has 218 valence electrons. The number of allylic oxidation sites excluding steroid dienone is 3. The van der Waals surface area contributed by atoms with Crippen molar-refractivity contribution in [3.63, 3.8) is 0 Å². The third-order valence-corrected chi connectivity index (χ3v) is 7.08. The molecule has 0 saturated carbocycles. The quantitative estimate of drug-likeness (QED) is 0.198. The highest BCUT2D eigenvalue weighted by atomic mass is 19.1. The summed E-state index contributed by atoms with van der Waals surface area (Å²) < 4.78 is 41.4. The lowest BCUT2D eigenvalue weighted by atomic mass is 9.73. The Hall–Kier alpha value is -4.48. The summed E-state index contributed by atoms with van der Waals surface area (Å²) in [4.78, 5) is 55.8. The number of nitrogens with one attached hydrogen (secondary N) is 4. The Morgan fingerprint density at radius 3 is 1.95 bits per heavy atom. The number of aromatic amines is 4. The van der Waals surface area contributed by atoms with Crippen molar-refractivity contribution in [2.45, 2.75) is 65.2 Å². The highest BCUT2D eigenvalue weighted by Crippen LogP contribution is 2.49. The standard InChI is InChI=1S/C29H32F2N4O6/c1-5-6-7-8-16-12-19(40-26-22(30)24(36)32-28(38)34-26)21(18-11-15(4)9-10-17(18)14(2)3)20(13-16)41-27-23(31)25(37)33-29(39)35-27/h11-13,17-18H,2,5-10H2,1,3-4H3,(H2,32,34,36,38)(H2,33,35,37,39)/t17-,18+/m0/s1. The molecule has 3 aromatic rings. The van der Waals surface area contributed by atoms with E-state index in [1.807, 2.05) is 26.8 Å². The normalized spacial score (nSPS) is 16.8. The Labute approximate surface area is 233 Å². The minimum Gasteiger partial charge on any atom is -0.437 e. The van der Waals surface area contributed by atoms with Crippen LogP contribution >= 0.6 is 0 Å². The zero-order valence-corrected chi connectivity index (χ0v) is 23.0. The number of rotatable bonds is 10. The van der Waals surface area contributed by atoms with Crippen LogP contribution in [0.25, 0.3) is 0 Å². The van der Waals surface area contributed by atoms with Crippen molar-refractivity contribution >= 4 is 0 Å². The monoisotopic (exact) mass is 570 g/mol. The molecule has 0 unspecified atom stereocenters. The Balaban J connectivity index is 2.01. The molecule has 0 spiro atoms. The van der Waals surface area contributed by atoms with Gasteiger partial charge in [0.2, 0.25) is 23.4 Å². The van der Waals surface area contributed by atoms with Gasteiger partial charge in [-0.2, -0.15) is 8.78 Å². The topological polar surface area (TPSA) is 150 Å². The molecule has 0 fully saturated rings. The maximum Gasteiger partial charge on any atom is 0.328 e. The molecule has 4 N–H and O–H groups in total. The van der Waals surface area contributed by atoms with Gasteiger partial charge in [0.25, 0.3) is 11.1 Å². The molecule has 4 rings (SSSR count). The van der Waals surface area contributed by atoms with Gasteiger partial charge in [-0.3, -0.25) is 29.5 Å². The molecule has 0 aliphatic heterocycles. The van der Waals surface area contributed by atoms with Crippen molar-refractivity contribution in [3.05, 3.63) is 100 Å². The molecule has 1 aromatic carbocycles. The average molecular weight is 571 g/mol. The van der Waals surface area contributed by atoms with E-state index >= 15 is 0 Å². The largest absolute Gasteiger partial charge is 0.437 e. The van der Waals surface area contributed by atoms with Crippen LogP contribution in [0.5, 0.6) is 23.3 Å². The summed E-state index contributed by atoms with van der Waals surface area (Å²) in [5.74, 6) is -4.62. The predicted octanol–water partition coefficient (Wildman–Crippen LogP) is 5.05. The Morgan fingerprint density at radius 1 is 0.927 bits per heavy atom. The van der Waals surface area contributed by atoms with Gasteiger partial charge in [-0.05, 0) is 63.1 Å². The number of aromatic nitrogens is 4. The third-order valence-electron chi connectivity index (χ3n) is 7.08. The highest BCUT2D eigenvalue weighted by Gasteiger charge is 2.32. The zero-order valence-electron chi connectivity index (χ0n) is 23.0. The molecule has 0 amide bonds. The number of hydrogen-bond donors (Lipinski definition) is 4. The third kappa shape index (κ3) is 6.64. The van der Waals surface area contributed by atoms with Gasteiger partial charge in [0.15, 0.2) is 0 Å². The smallest absolute Gasteiger partial charge is 0.328 e. The number of hydrogen-bond acceptors (Lipinski definition) is 6. The molecule has 12 heteroatoms. The van der Waals surface area contributed by atoms with Crippen molar-refractivity contribution in [2.75, 3.05) is 0 Å². The summed E-state index contributed by atoms with van der Waals surface area (Å²) in [6.07, 6.45) is 6.64. The Bertz CT molecular complexity index is 1640. The van der Waals surface area contributed by atoms with Gasteiger partial charge in [-0.1, -0.05) is 43.6 Å². The highest BCUT2D eigenvalue weighted by molar-refractivity contribution is 5.55. The van der Waals surface area contributed by atoms with Crippen LogP contribution in [0.1, 0.15) is 69.9 Å². The van der Waals surface area contributed by atoms with E-state index in [2.05, 4.69) is 16.5 Å². The van der Waals surface area contributed by atoms with Gasteiger partial charge < -0.3 is 9.47 Å². The number of benzene rings is 1. The van der Waals surface area contributed by atoms with Gasteiger partial charge in [0, 0.05) is 11.5 Å². The maximum absolute atomic E-state index is 14.8. The molecule has 1 aliphatic rings. The fourth-order valence-electron chi connectivity index (χ4n) is 5.04. The van der Waals surface area contributed by atoms with Gasteiger partial charge in [0.05, 0.1) is 0 Å². The summed E-state index contributed by atoms with van der Waals surface area (Å²) in [5.41, 5.74) is -1.60.